The molecule has 0 saturated heterocycles. The van der Waals surface area contributed by atoms with Crippen molar-refractivity contribution in [3.63, 3.8) is 0 Å². The van der Waals surface area contributed by atoms with Gasteiger partial charge in [0.1, 0.15) is 0 Å². The van der Waals surface area contributed by atoms with E-state index in [9.17, 15) is 0 Å². The van der Waals surface area contributed by atoms with Gasteiger partial charge >= 0.3 is 0 Å². The molecular formula is C19H26N2. The minimum absolute atomic E-state index is 0.404. The third kappa shape index (κ3) is 4.69. The molecular weight excluding hydrogens is 256 g/mol. The monoisotopic (exact) mass is 282 g/mol. The standard InChI is InChI=1S/C19H26N2/c1-4-16-10-12-17(13-11-16)14-20-15-19(21(2)3)18-8-6-5-7-9-18/h5-13,19-20H,4,14-15H2,1-3H3. The average molecular weight is 282 g/mol. The van der Waals surface area contributed by atoms with Crippen molar-refractivity contribution in [2.24, 2.45) is 0 Å². The van der Waals surface area contributed by atoms with Crippen molar-refractivity contribution in [2.75, 3.05) is 20.6 Å². The molecule has 1 unspecified atom stereocenters. The zero-order valence-electron chi connectivity index (χ0n) is 13.3. The molecule has 2 aromatic carbocycles. The molecule has 21 heavy (non-hydrogen) atoms. The Morgan fingerprint density at radius 2 is 1.52 bits per heavy atom. The van der Waals surface area contributed by atoms with Crippen LogP contribution >= 0.6 is 0 Å². The lowest BCUT2D eigenvalue weighted by Gasteiger charge is -2.25. The van der Waals surface area contributed by atoms with Crippen LogP contribution in [0.5, 0.6) is 0 Å². The predicted molar refractivity (Wildman–Crippen MR) is 90.4 cm³/mol. The van der Waals surface area contributed by atoms with Crippen molar-refractivity contribution in [1.29, 1.82) is 0 Å². The molecule has 0 saturated carbocycles. The first-order valence-corrected chi connectivity index (χ1v) is 7.70. The summed E-state index contributed by atoms with van der Waals surface area (Å²) >= 11 is 0. The highest BCUT2D eigenvalue weighted by molar-refractivity contribution is 5.23. The Labute approximate surface area is 128 Å². The van der Waals surface area contributed by atoms with E-state index in [1.54, 1.807) is 0 Å². The molecule has 0 aliphatic carbocycles. The van der Waals surface area contributed by atoms with E-state index in [-0.39, 0.29) is 0 Å². The van der Waals surface area contributed by atoms with Crippen molar-refractivity contribution >= 4 is 0 Å². The van der Waals surface area contributed by atoms with Gasteiger partial charge in [-0.3, -0.25) is 0 Å². The van der Waals surface area contributed by atoms with Crippen molar-refractivity contribution in [3.05, 3.63) is 71.3 Å². The topological polar surface area (TPSA) is 15.3 Å². The Kier molecular flexibility index (Phi) is 5.97. The number of hydrogen-bond acceptors (Lipinski definition) is 2. The molecule has 0 bridgehead atoms. The summed E-state index contributed by atoms with van der Waals surface area (Å²) in [6.45, 7) is 4.06. The maximum atomic E-state index is 3.58. The molecule has 0 heterocycles. The Morgan fingerprint density at radius 1 is 0.905 bits per heavy atom. The lowest BCUT2D eigenvalue weighted by atomic mass is 10.1. The molecule has 2 heteroatoms. The summed E-state index contributed by atoms with van der Waals surface area (Å²) < 4.78 is 0. The number of likely N-dealkylation sites (N-methyl/N-ethyl adjacent to an activating group) is 1. The highest BCUT2D eigenvalue weighted by atomic mass is 15.1. The molecule has 0 fully saturated rings. The second-order valence-electron chi connectivity index (χ2n) is 5.69. The molecule has 112 valence electrons. The van der Waals surface area contributed by atoms with Gasteiger partial charge in [-0.1, -0.05) is 61.5 Å². The van der Waals surface area contributed by atoms with Gasteiger partial charge in [-0.25, -0.2) is 0 Å². The number of hydrogen-bond donors (Lipinski definition) is 1. The SMILES string of the molecule is CCc1ccc(CNCC(c2ccccc2)N(C)C)cc1. The lowest BCUT2D eigenvalue weighted by Crippen LogP contribution is -2.30. The fourth-order valence-corrected chi connectivity index (χ4v) is 2.52. The molecule has 1 N–H and O–H groups in total. The second-order valence-corrected chi connectivity index (χ2v) is 5.69. The highest BCUT2D eigenvalue weighted by Crippen LogP contribution is 2.16. The molecule has 0 aromatic heterocycles. The molecule has 1 atom stereocenters. The highest BCUT2D eigenvalue weighted by Gasteiger charge is 2.12. The van der Waals surface area contributed by atoms with Gasteiger partial charge in [0.15, 0.2) is 0 Å². The first-order chi connectivity index (χ1) is 10.2. The molecule has 2 rings (SSSR count). The minimum atomic E-state index is 0.404. The third-order valence-electron chi connectivity index (χ3n) is 3.91. The summed E-state index contributed by atoms with van der Waals surface area (Å²) in [5.41, 5.74) is 4.10. The molecule has 2 nitrogen and oxygen atoms in total. The van der Waals surface area contributed by atoms with Gasteiger partial charge in [-0.2, -0.15) is 0 Å². The number of rotatable bonds is 7. The summed E-state index contributed by atoms with van der Waals surface area (Å²) in [6.07, 6.45) is 1.10. The van der Waals surface area contributed by atoms with Gasteiger partial charge in [0.05, 0.1) is 0 Å². The first kappa shape index (κ1) is 15.7. The van der Waals surface area contributed by atoms with Crippen molar-refractivity contribution in [1.82, 2.24) is 10.2 Å². The number of nitrogens with zero attached hydrogens (tertiary/aromatic N) is 1. The van der Waals surface area contributed by atoms with Gasteiger partial charge in [0.25, 0.3) is 0 Å². The zero-order chi connectivity index (χ0) is 15.1. The van der Waals surface area contributed by atoms with Crippen molar-refractivity contribution in [3.8, 4) is 0 Å². The van der Waals surface area contributed by atoms with Crippen LogP contribution in [0.3, 0.4) is 0 Å². The lowest BCUT2D eigenvalue weighted by molar-refractivity contribution is 0.288. The Morgan fingerprint density at radius 3 is 2.10 bits per heavy atom. The number of benzene rings is 2. The van der Waals surface area contributed by atoms with E-state index in [1.165, 1.54) is 16.7 Å². The summed E-state index contributed by atoms with van der Waals surface area (Å²) in [4.78, 5) is 2.27. The fraction of sp³-hybridized carbons (Fsp3) is 0.368. The predicted octanol–water partition coefficient (Wildman–Crippen LogP) is 3.64. The van der Waals surface area contributed by atoms with Gasteiger partial charge in [0.2, 0.25) is 0 Å². The largest absolute Gasteiger partial charge is 0.311 e. The first-order valence-electron chi connectivity index (χ1n) is 7.70. The number of nitrogens with one attached hydrogen (secondary N) is 1. The van der Waals surface area contributed by atoms with E-state index in [4.69, 9.17) is 0 Å². The van der Waals surface area contributed by atoms with Gasteiger partial charge in [0, 0.05) is 19.1 Å². The summed E-state index contributed by atoms with van der Waals surface area (Å²) in [5, 5.41) is 3.58. The van der Waals surface area contributed by atoms with Crippen LogP contribution in [0, 0.1) is 0 Å². The Bertz CT molecular complexity index is 517. The van der Waals surface area contributed by atoms with E-state index < -0.39 is 0 Å². The van der Waals surface area contributed by atoms with Crippen LogP contribution in [0.15, 0.2) is 54.6 Å². The summed E-state index contributed by atoms with van der Waals surface area (Å²) in [7, 11) is 4.27. The van der Waals surface area contributed by atoms with E-state index >= 15 is 0 Å². The van der Waals surface area contributed by atoms with Crippen LogP contribution in [0.25, 0.3) is 0 Å². The van der Waals surface area contributed by atoms with E-state index in [0.29, 0.717) is 6.04 Å². The third-order valence-corrected chi connectivity index (χ3v) is 3.91. The maximum absolute atomic E-state index is 3.58. The van der Waals surface area contributed by atoms with Gasteiger partial charge in [-0.05, 0) is 37.2 Å². The van der Waals surface area contributed by atoms with E-state index in [0.717, 1.165) is 19.5 Å². The minimum Gasteiger partial charge on any atom is -0.311 e. The maximum Gasteiger partial charge on any atom is 0.0466 e. The normalized spacial score (nSPS) is 12.6. The van der Waals surface area contributed by atoms with Crippen LogP contribution < -0.4 is 5.32 Å². The van der Waals surface area contributed by atoms with Crippen LogP contribution in [0.1, 0.15) is 29.7 Å². The molecule has 0 radical (unpaired) electrons. The summed E-state index contributed by atoms with van der Waals surface area (Å²) in [6, 6.07) is 20.0. The fourth-order valence-electron chi connectivity index (χ4n) is 2.52. The van der Waals surface area contributed by atoms with Crippen molar-refractivity contribution in [2.45, 2.75) is 25.9 Å². The second kappa shape index (κ2) is 7.96. The van der Waals surface area contributed by atoms with Crippen LogP contribution in [-0.4, -0.2) is 25.5 Å². The quantitative estimate of drug-likeness (QED) is 0.834. The number of aryl methyl sites for hydroxylation is 1. The molecule has 0 aliphatic heterocycles. The van der Waals surface area contributed by atoms with Crippen molar-refractivity contribution < 1.29 is 0 Å². The van der Waals surface area contributed by atoms with Crippen LogP contribution in [0.4, 0.5) is 0 Å². The smallest absolute Gasteiger partial charge is 0.0466 e. The molecule has 0 spiro atoms. The average Bonchev–Trinajstić information content (AvgIpc) is 2.52. The summed E-state index contributed by atoms with van der Waals surface area (Å²) in [5.74, 6) is 0. The van der Waals surface area contributed by atoms with Crippen LogP contribution in [0.2, 0.25) is 0 Å². The zero-order valence-corrected chi connectivity index (χ0v) is 13.3. The van der Waals surface area contributed by atoms with Crippen LogP contribution in [-0.2, 0) is 13.0 Å². The Balaban J connectivity index is 1.90. The van der Waals surface area contributed by atoms with Gasteiger partial charge in [-0.15, -0.1) is 0 Å². The Hall–Kier alpha value is -1.64. The van der Waals surface area contributed by atoms with E-state index in [2.05, 4.69) is 85.8 Å². The molecule has 0 amide bonds. The van der Waals surface area contributed by atoms with E-state index in [1.807, 2.05) is 0 Å². The molecule has 0 aliphatic rings. The van der Waals surface area contributed by atoms with Gasteiger partial charge < -0.3 is 10.2 Å². The molecule has 2 aromatic rings.